The van der Waals surface area contributed by atoms with Gasteiger partial charge in [0.2, 0.25) is 0 Å². The summed E-state index contributed by atoms with van der Waals surface area (Å²) in [5.41, 5.74) is 5.88. The van der Waals surface area contributed by atoms with Crippen LogP contribution in [0.25, 0.3) is 56.0 Å². The lowest BCUT2D eigenvalue weighted by Crippen LogP contribution is -1.84. The first-order valence-electron chi connectivity index (χ1n) is 9.20. The highest BCUT2D eigenvalue weighted by molar-refractivity contribution is 5.96. The number of halogens is 1. The molecule has 0 atom stereocenters. The molecule has 6 aromatic rings. The SMILES string of the molecule is Fc1cccc(-c2ccnc3[nH]c(-c4n[nH]c5cnc(-c6cn[nH]c6)cc45)nc23)c1. The minimum absolute atomic E-state index is 0.300. The number of hydrogen-bond donors (Lipinski definition) is 3. The van der Waals surface area contributed by atoms with Gasteiger partial charge in [-0.05, 0) is 29.8 Å². The number of benzene rings is 1. The van der Waals surface area contributed by atoms with Crippen LogP contribution in [0.1, 0.15) is 0 Å². The highest BCUT2D eigenvalue weighted by atomic mass is 19.1. The smallest absolute Gasteiger partial charge is 0.160 e. The molecular formula is C21H13FN8. The lowest BCUT2D eigenvalue weighted by molar-refractivity contribution is 0.628. The summed E-state index contributed by atoms with van der Waals surface area (Å²) in [4.78, 5) is 16.8. The predicted molar refractivity (Wildman–Crippen MR) is 110 cm³/mol. The second-order valence-corrected chi connectivity index (χ2v) is 6.83. The monoisotopic (exact) mass is 396 g/mol. The van der Waals surface area contributed by atoms with E-state index >= 15 is 0 Å². The summed E-state index contributed by atoms with van der Waals surface area (Å²) in [6.45, 7) is 0. The molecule has 9 heteroatoms. The molecule has 0 aliphatic rings. The van der Waals surface area contributed by atoms with Gasteiger partial charge in [-0.3, -0.25) is 15.2 Å². The highest BCUT2D eigenvalue weighted by Crippen LogP contribution is 2.31. The van der Waals surface area contributed by atoms with Crippen LogP contribution in [0.2, 0.25) is 0 Å². The molecule has 0 aliphatic heterocycles. The van der Waals surface area contributed by atoms with Gasteiger partial charge < -0.3 is 4.98 Å². The van der Waals surface area contributed by atoms with E-state index < -0.39 is 0 Å². The number of aromatic amines is 3. The number of pyridine rings is 2. The average molecular weight is 396 g/mol. The molecule has 5 aromatic heterocycles. The lowest BCUT2D eigenvalue weighted by atomic mass is 10.1. The first-order chi connectivity index (χ1) is 14.8. The zero-order valence-electron chi connectivity index (χ0n) is 15.4. The first kappa shape index (κ1) is 16.5. The molecule has 3 N–H and O–H groups in total. The Kier molecular flexibility index (Phi) is 3.48. The van der Waals surface area contributed by atoms with Gasteiger partial charge in [-0.2, -0.15) is 10.2 Å². The maximum absolute atomic E-state index is 13.7. The fourth-order valence-electron chi connectivity index (χ4n) is 3.56. The summed E-state index contributed by atoms with van der Waals surface area (Å²) >= 11 is 0. The summed E-state index contributed by atoms with van der Waals surface area (Å²) in [7, 11) is 0. The number of imidazole rings is 1. The summed E-state index contributed by atoms with van der Waals surface area (Å²) < 4.78 is 13.7. The molecule has 30 heavy (non-hydrogen) atoms. The number of nitrogens with zero attached hydrogens (tertiary/aromatic N) is 5. The molecule has 0 radical (unpaired) electrons. The second kappa shape index (κ2) is 6.31. The number of hydrogen-bond acceptors (Lipinski definition) is 5. The zero-order chi connectivity index (χ0) is 20.1. The Hall–Kier alpha value is -4.40. The van der Waals surface area contributed by atoms with Gasteiger partial charge in [-0.15, -0.1) is 0 Å². The third-order valence-electron chi connectivity index (χ3n) is 4.99. The third kappa shape index (κ3) is 2.56. The molecule has 144 valence electrons. The highest BCUT2D eigenvalue weighted by Gasteiger charge is 2.17. The molecule has 8 nitrogen and oxygen atoms in total. The predicted octanol–water partition coefficient (Wildman–Crippen LogP) is 4.09. The van der Waals surface area contributed by atoms with E-state index in [0.29, 0.717) is 22.7 Å². The van der Waals surface area contributed by atoms with E-state index in [2.05, 4.69) is 35.3 Å². The standard InChI is InChI=1S/C21H13FN8/c22-13-3-1-2-11(6-13)14-4-5-23-20-18(14)27-21(28-20)19-15-7-16(12-8-25-26-9-12)24-10-17(15)29-30-19/h1-10H,(H,25,26)(H,29,30)(H,23,27,28). The normalized spacial score (nSPS) is 11.5. The molecule has 5 heterocycles. The van der Waals surface area contributed by atoms with Crippen LogP contribution in [0.3, 0.4) is 0 Å². The van der Waals surface area contributed by atoms with Crippen LogP contribution in [0, 0.1) is 5.82 Å². The number of rotatable bonds is 3. The van der Waals surface area contributed by atoms with Crippen molar-refractivity contribution in [2.45, 2.75) is 0 Å². The Morgan fingerprint density at radius 2 is 1.93 bits per heavy atom. The second-order valence-electron chi connectivity index (χ2n) is 6.83. The minimum atomic E-state index is -0.300. The summed E-state index contributed by atoms with van der Waals surface area (Å²) in [6.07, 6.45) is 6.90. The van der Waals surface area contributed by atoms with Crippen LogP contribution in [0.15, 0.2) is 61.2 Å². The Bertz CT molecular complexity index is 1510. The van der Waals surface area contributed by atoms with E-state index in [0.717, 1.165) is 33.3 Å². The van der Waals surface area contributed by atoms with Crippen LogP contribution >= 0.6 is 0 Å². The van der Waals surface area contributed by atoms with Gasteiger partial charge >= 0.3 is 0 Å². The van der Waals surface area contributed by atoms with Crippen LogP contribution in [-0.2, 0) is 0 Å². The van der Waals surface area contributed by atoms with Crippen LogP contribution in [-0.4, -0.2) is 40.3 Å². The van der Waals surface area contributed by atoms with E-state index in [1.165, 1.54) is 12.1 Å². The summed E-state index contributed by atoms with van der Waals surface area (Å²) in [6, 6.07) is 10.2. The minimum Gasteiger partial charge on any atom is -0.321 e. The first-order valence-corrected chi connectivity index (χ1v) is 9.20. The van der Waals surface area contributed by atoms with Gasteiger partial charge in [0.15, 0.2) is 11.5 Å². The van der Waals surface area contributed by atoms with Crippen molar-refractivity contribution in [2.75, 3.05) is 0 Å². The van der Waals surface area contributed by atoms with Crippen molar-refractivity contribution in [1.82, 2.24) is 40.3 Å². The van der Waals surface area contributed by atoms with Crippen molar-refractivity contribution < 1.29 is 4.39 Å². The number of nitrogens with one attached hydrogen (secondary N) is 3. The quantitative estimate of drug-likeness (QED) is 0.417. The fourth-order valence-corrected chi connectivity index (χ4v) is 3.56. The summed E-state index contributed by atoms with van der Waals surface area (Å²) in [5, 5.41) is 15.1. The average Bonchev–Trinajstić information content (AvgIpc) is 3.51. The van der Waals surface area contributed by atoms with Gasteiger partial charge in [0, 0.05) is 28.9 Å². The van der Waals surface area contributed by atoms with E-state index in [4.69, 9.17) is 4.98 Å². The molecule has 1 aromatic carbocycles. The van der Waals surface area contributed by atoms with Crippen molar-refractivity contribution >= 4 is 22.1 Å². The fraction of sp³-hybridized carbons (Fsp3) is 0. The van der Waals surface area contributed by atoms with E-state index in [-0.39, 0.29) is 5.82 Å². The van der Waals surface area contributed by atoms with Crippen molar-refractivity contribution in [3.8, 4) is 33.9 Å². The number of aromatic nitrogens is 8. The Morgan fingerprint density at radius 1 is 0.967 bits per heavy atom. The molecule has 0 saturated heterocycles. The molecule has 0 fully saturated rings. The topological polar surface area (TPSA) is 112 Å². The largest absolute Gasteiger partial charge is 0.321 e. The van der Waals surface area contributed by atoms with E-state index in [1.54, 1.807) is 30.9 Å². The van der Waals surface area contributed by atoms with E-state index in [1.807, 2.05) is 18.2 Å². The maximum atomic E-state index is 13.7. The molecular weight excluding hydrogens is 383 g/mol. The molecule has 0 bridgehead atoms. The summed E-state index contributed by atoms with van der Waals surface area (Å²) in [5.74, 6) is 0.266. The van der Waals surface area contributed by atoms with Gasteiger partial charge in [0.05, 0.1) is 23.6 Å². The molecule has 0 spiro atoms. The van der Waals surface area contributed by atoms with Crippen LogP contribution < -0.4 is 0 Å². The zero-order valence-corrected chi connectivity index (χ0v) is 15.4. The lowest BCUT2D eigenvalue weighted by Gasteiger charge is -2.01. The Balaban J connectivity index is 1.53. The van der Waals surface area contributed by atoms with Crippen molar-refractivity contribution in [1.29, 1.82) is 0 Å². The number of fused-ring (bicyclic) bond motifs is 2. The maximum Gasteiger partial charge on any atom is 0.160 e. The van der Waals surface area contributed by atoms with E-state index in [9.17, 15) is 4.39 Å². The van der Waals surface area contributed by atoms with Crippen molar-refractivity contribution in [3.05, 3.63) is 67.0 Å². The molecule has 0 unspecified atom stereocenters. The van der Waals surface area contributed by atoms with Crippen LogP contribution in [0.5, 0.6) is 0 Å². The molecule has 0 saturated carbocycles. The Morgan fingerprint density at radius 3 is 2.80 bits per heavy atom. The molecule has 6 rings (SSSR count). The molecule has 0 amide bonds. The van der Waals surface area contributed by atoms with Gasteiger partial charge in [-0.1, -0.05) is 12.1 Å². The van der Waals surface area contributed by atoms with Gasteiger partial charge in [0.1, 0.15) is 17.0 Å². The van der Waals surface area contributed by atoms with Crippen LogP contribution in [0.4, 0.5) is 4.39 Å². The van der Waals surface area contributed by atoms with Crippen molar-refractivity contribution in [3.63, 3.8) is 0 Å². The van der Waals surface area contributed by atoms with Gasteiger partial charge in [0.25, 0.3) is 0 Å². The Labute approximate surface area is 168 Å². The molecule has 0 aliphatic carbocycles. The third-order valence-corrected chi connectivity index (χ3v) is 4.99. The van der Waals surface area contributed by atoms with Gasteiger partial charge in [-0.25, -0.2) is 14.4 Å². The van der Waals surface area contributed by atoms with Crippen molar-refractivity contribution in [2.24, 2.45) is 0 Å². The number of H-pyrrole nitrogens is 3.